The maximum absolute atomic E-state index is 6.06. The summed E-state index contributed by atoms with van der Waals surface area (Å²) in [5.41, 5.74) is 1.13. The second-order valence-electron chi connectivity index (χ2n) is 6.93. The largest absolute Gasteiger partial charge is 0.380 e. The van der Waals surface area contributed by atoms with Crippen LogP contribution in [0, 0.1) is 5.41 Å². The monoisotopic (exact) mass is 342 g/mol. The first-order valence-electron chi connectivity index (χ1n) is 8.54. The summed E-state index contributed by atoms with van der Waals surface area (Å²) < 4.78 is 2.60. The second-order valence-corrected chi connectivity index (χ2v) is 9.43. The van der Waals surface area contributed by atoms with Crippen molar-refractivity contribution >= 4 is 43.1 Å². The average molecular weight is 343 g/mol. The van der Waals surface area contributed by atoms with Gasteiger partial charge in [-0.25, -0.2) is 0 Å². The lowest BCUT2D eigenvalue weighted by Gasteiger charge is -2.43. The zero-order valence-electron chi connectivity index (χ0n) is 12.8. The third-order valence-corrected chi connectivity index (χ3v) is 7.88. The van der Waals surface area contributed by atoms with Gasteiger partial charge in [0.05, 0.1) is 9.98 Å². The smallest absolute Gasteiger partial charge is 0.0877 e. The van der Waals surface area contributed by atoms with E-state index in [1.165, 1.54) is 69.3 Å². The Balaban J connectivity index is 1.78. The van der Waals surface area contributed by atoms with Crippen LogP contribution >= 0.6 is 33.2 Å². The minimum atomic E-state index is 0.191. The van der Waals surface area contributed by atoms with Crippen LogP contribution in [0.15, 0.2) is 0 Å². The van der Waals surface area contributed by atoms with E-state index < -0.39 is 0 Å². The molecule has 2 unspecified atom stereocenters. The van der Waals surface area contributed by atoms with Gasteiger partial charge in [0.15, 0.2) is 0 Å². The van der Waals surface area contributed by atoms with Crippen molar-refractivity contribution in [3.05, 3.63) is 0 Å². The fourth-order valence-corrected chi connectivity index (χ4v) is 6.02. The van der Waals surface area contributed by atoms with Crippen LogP contribution in [0.5, 0.6) is 0 Å². The van der Waals surface area contributed by atoms with E-state index in [0.29, 0.717) is 0 Å². The zero-order chi connectivity index (χ0) is 14.7. The van der Waals surface area contributed by atoms with E-state index in [-0.39, 0.29) is 5.41 Å². The minimum absolute atomic E-state index is 0.191. The van der Waals surface area contributed by atoms with Crippen molar-refractivity contribution in [2.24, 2.45) is 5.41 Å². The Morgan fingerprint density at radius 3 is 2.57 bits per heavy atom. The van der Waals surface area contributed by atoms with Crippen LogP contribution < -0.4 is 5.32 Å². The highest BCUT2D eigenvalue weighted by Gasteiger charge is 2.41. The number of thiocarbonyl (C=S) groups is 2. The predicted molar refractivity (Wildman–Crippen MR) is 101 cm³/mol. The van der Waals surface area contributed by atoms with Crippen LogP contribution in [0.4, 0.5) is 0 Å². The average Bonchev–Trinajstić information content (AvgIpc) is 3.28. The van der Waals surface area contributed by atoms with E-state index in [4.69, 9.17) is 24.4 Å². The zero-order valence-corrected chi connectivity index (χ0v) is 15.5. The number of nitrogens with one attached hydrogen (secondary N) is 1. The predicted octanol–water partition coefficient (Wildman–Crippen LogP) is 4.42. The topological polar surface area (TPSA) is 15.3 Å². The first-order valence-corrected chi connectivity index (χ1v) is 10.4. The van der Waals surface area contributed by atoms with Crippen molar-refractivity contribution < 1.29 is 0 Å². The number of piperidine rings is 1. The van der Waals surface area contributed by atoms with E-state index in [2.05, 4.69) is 9.99 Å². The molecule has 1 N–H and O–H groups in total. The molecule has 2 nitrogen and oxygen atoms in total. The molecule has 3 fully saturated rings. The summed E-state index contributed by atoms with van der Waals surface area (Å²) in [4.78, 5) is 2.30. The van der Waals surface area contributed by atoms with Gasteiger partial charge in [-0.1, -0.05) is 50.1 Å². The van der Waals surface area contributed by atoms with Crippen LogP contribution in [0.1, 0.15) is 64.2 Å². The van der Waals surface area contributed by atoms with E-state index in [1.54, 1.807) is 0 Å². The maximum atomic E-state index is 6.06. The van der Waals surface area contributed by atoms with Crippen LogP contribution in [0.2, 0.25) is 0 Å². The lowest BCUT2D eigenvalue weighted by atomic mass is 9.74. The van der Waals surface area contributed by atoms with Gasteiger partial charge in [-0.15, -0.1) is 0 Å². The van der Waals surface area contributed by atoms with Gasteiger partial charge in [-0.2, -0.15) is 0 Å². The van der Waals surface area contributed by atoms with Gasteiger partial charge < -0.3 is 9.99 Å². The molecule has 1 saturated carbocycles. The van der Waals surface area contributed by atoms with E-state index in [1.807, 2.05) is 0 Å². The van der Waals surface area contributed by atoms with Gasteiger partial charge in [0.2, 0.25) is 0 Å². The van der Waals surface area contributed by atoms with Crippen LogP contribution in [0.3, 0.4) is 0 Å². The Morgan fingerprint density at radius 1 is 1.05 bits per heavy atom. The molecule has 118 valence electrons. The summed E-state index contributed by atoms with van der Waals surface area (Å²) in [5.74, 6) is 0. The van der Waals surface area contributed by atoms with Gasteiger partial charge in [-0.3, -0.25) is 0 Å². The Kier molecular flexibility index (Phi) is 5.50. The van der Waals surface area contributed by atoms with Gasteiger partial charge in [0.1, 0.15) is 0 Å². The molecule has 1 spiro atoms. The molecule has 2 atom stereocenters. The Labute approximate surface area is 141 Å². The van der Waals surface area contributed by atoms with Gasteiger partial charge in [0, 0.05) is 24.9 Å². The third kappa shape index (κ3) is 4.14. The molecule has 0 bridgehead atoms. The second kappa shape index (κ2) is 7.19. The highest BCUT2D eigenvalue weighted by molar-refractivity contribution is 7.81. The van der Waals surface area contributed by atoms with Gasteiger partial charge >= 0.3 is 0 Å². The van der Waals surface area contributed by atoms with Crippen molar-refractivity contribution in [3.63, 3.8) is 0 Å². The van der Waals surface area contributed by atoms with Crippen LogP contribution in [-0.2, 0) is 0 Å². The summed E-state index contributed by atoms with van der Waals surface area (Å²) in [6, 6.07) is 0. The number of hydrogen-bond acceptors (Lipinski definition) is 2. The lowest BCUT2D eigenvalue weighted by Crippen LogP contribution is -2.48. The molecule has 3 rings (SSSR count). The molecule has 0 amide bonds. The Bertz CT molecular complexity index is 411. The van der Waals surface area contributed by atoms with Crippen molar-refractivity contribution in [1.82, 2.24) is 9.99 Å². The molecule has 0 aromatic heterocycles. The van der Waals surface area contributed by atoms with Gasteiger partial charge in [-0.05, 0) is 46.5 Å². The highest BCUT2D eigenvalue weighted by Crippen LogP contribution is 2.47. The molecule has 0 aromatic carbocycles. The standard InChI is InChI=1S/C16H27N2PS2/c20-14-12-16(9-10-17-14)8-4-2-1-3-5-11-18(15(16)21)19-13-6-7-13/h13,19H,1-12H2,(H,17,20). The van der Waals surface area contributed by atoms with Crippen molar-refractivity contribution in [3.8, 4) is 0 Å². The quantitative estimate of drug-likeness (QED) is 0.590. The minimum Gasteiger partial charge on any atom is -0.380 e. The molecule has 5 heteroatoms. The molecular weight excluding hydrogens is 315 g/mol. The summed E-state index contributed by atoms with van der Waals surface area (Å²) in [6.45, 7) is 2.20. The molecular formula is C16H27N2PS2. The molecule has 0 radical (unpaired) electrons. The summed E-state index contributed by atoms with van der Waals surface area (Å²) in [5, 5.41) is 3.36. The Hall–Kier alpha value is 0.210. The summed E-state index contributed by atoms with van der Waals surface area (Å²) in [6.07, 6.45) is 13.0. The first kappa shape index (κ1) is 16.1. The summed E-state index contributed by atoms with van der Waals surface area (Å²) >= 11 is 11.6. The van der Waals surface area contributed by atoms with Crippen molar-refractivity contribution in [1.29, 1.82) is 0 Å². The number of hydrogen-bond donors (Lipinski definition) is 1. The third-order valence-electron chi connectivity index (χ3n) is 5.08. The van der Waals surface area contributed by atoms with Crippen molar-refractivity contribution in [2.45, 2.75) is 69.9 Å². The molecule has 2 saturated heterocycles. The number of rotatable bonds is 2. The molecule has 1 aliphatic carbocycles. The molecule has 0 aromatic rings. The van der Waals surface area contributed by atoms with Crippen LogP contribution in [0.25, 0.3) is 0 Å². The van der Waals surface area contributed by atoms with E-state index >= 15 is 0 Å². The normalized spacial score (nSPS) is 32.7. The fraction of sp³-hybridized carbons (Fsp3) is 0.875. The molecule has 2 heterocycles. The van der Waals surface area contributed by atoms with Crippen molar-refractivity contribution in [2.75, 3.05) is 13.1 Å². The number of nitrogens with zero attached hydrogens (tertiary/aromatic N) is 1. The van der Waals surface area contributed by atoms with E-state index in [9.17, 15) is 0 Å². The summed E-state index contributed by atoms with van der Waals surface area (Å²) in [7, 11) is 0.935. The fourth-order valence-electron chi connectivity index (χ4n) is 3.61. The molecule has 2 aliphatic heterocycles. The highest BCUT2D eigenvalue weighted by atomic mass is 32.1. The molecule has 21 heavy (non-hydrogen) atoms. The molecule has 3 aliphatic rings. The maximum Gasteiger partial charge on any atom is 0.0877 e. The van der Waals surface area contributed by atoms with Gasteiger partial charge in [0.25, 0.3) is 0 Å². The SMILES string of the molecule is S=C1CC2(CCCCCCCN(PC3CC3)C2=S)CCN1. The first-order chi connectivity index (χ1) is 10.2. The van der Waals surface area contributed by atoms with E-state index in [0.717, 1.165) is 32.3 Å². The lowest BCUT2D eigenvalue weighted by molar-refractivity contribution is 0.310. The Morgan fingerprint density at radius 2 is 1.81 bits per heavy atom. The van der Waals surface area contributed by atoms with Crippen LogP contribution in [-0.4, -0.2) is 33.4 Å².